The van der Waals surface area contributed by atoms with Gasteiger partial charge in [-0.15, -0.1) is 0 Å². The lowest BCUT2D eigenvalue weighted by Gasteiger charge is -2.20. The number of nitrogens with zero attached hydrogens (tertiary/aromatic N) is 1. The third kappa shape index (κ3) is 1.68. The van der Waals surface area contributed by atoms with E-state index in [9.17, 15) is 4.79 Å². The summed E-state index contributed by atoms with van der Waals surface area (Å²) < 4.78 is 0. The minimum absolute atomic E-state index is 0.129. The Morgan fingerprint density at radius 3 is 2.50 bits per heavy atom. The monoisotopic (exact) mass is 165 g/mol. The zero-order valence-corrected chi connectivity index (χ0v) is 7.33. The van der Waals surface area contributed by atoms with Crippen LogP contribution in [-0.4, -0.2) is 23.4 Å². The van der Waals surface area contributed by atoms with Crippen molar-refractivity contribution >= 4 is 5.91 Å². The molecule has 0 saturated heterocycles. The Labute approximate surface area is 73.2 Å². The summed E-state index contributed by atoms with van der Waals surface area (Å²) >= 11 is 0. The summed E-state index contributed by atoms with van der Waals surface area (Å²) in [6, 6.07) is 0.552. The quantitative estimate of drug-likeness (QED) is 0.579. The molecule has 2 aliphatic rings. The van der Waals surface area contributed by atoms with Gasteiger partial charge in [0.25, 0.3) is 0 Å². The van der Waals surface area contributed by atoms with Crippen LogP contribution in [-0.2, 0) is 4.79 Å². The molecule has 2 heteroatoms. The normalized spacial score (nSPS) is 22.0. The minimum Gasteiger partial charge on any atom is -0.336 e. The van der Waals surface area contributed by atoms with Crippen LogP contribution in [0.3, 0.4) is 0 Å². The van der Waals surface area contributed by atoms with Crippen molar-refractivity contribution in [1.29, 1.82) is 0 Å². The molecule has 0 unspecified atom stereocenters. The first-order valence-electron chi connectivity index (χ1n) is 4.74. The predicted octanol–water partition coefficient (Wildman–Crippen LogP) is 1.57. The van der Waals surface area contributed by atoms with E-state index < -0.39 is 0 Å². The molecule has 2 fully saturated rings. The number of carbonyl (C=O) groups excluding carboxylic acids is 1. The van der Waals surface area contributed by atoms with Gasteiger partial charge >= 0.3 is 0 Å². The van der Waals surface area contributed by atoms with Crippen molar-refractivity contribution in [2.75, 3.05) is 6.54 Å². The molecule has 1 amide bonds. The van der Waals surface area contributed by atoms with E-state index in [-0.39, 0.29) is 5.91 Å². The lowest BCUT2D eigenvalue weighted by atomic mass is 10.3. The molecule has 0 heterocycles. The molecule has 0 atom stereocenters. The van der Waals surface area contributed by atoms with Gasteiger partial charge in [0, 0.05) is 12.6 Å². The second-order valence-electron chi connectivity index (χ2n) is 3.87. The lowest BCUT2D eigenvalue weighted by Crippen LogP contribution is -2.33. The van der Waals surface area contributed by atoms with Crippen molar-refractivity contribution in [3.8, 4) is 0 Å². The molecule has 2 nitrogen and oxygen atoms in total. The first-order valence-corrected chi connectivity index (χ1v) is 4.74. The van der Waals surface area contributed by atoms with Gasteiger partial charge in [-0.25, -0.2) is 0 Å². The van der Waals surface area contributed by atoms with Crippen LogP contribution in [0.25, 0.3) is 0 Å². The number of carbonyl (C=O) groups is 1. The van der Waals surface area contributed by atoms with Crippen LogP contribution in [0.2, 0.25) is 0 Å². The zero-order chi connectivity index (χ0) is 8.55. The van der Waals surface area contributed by atoms with Crippen molar-refractivity contribution in [3.05, 3.63) is 12.7 Å². The molecule has 0 aromatic heterocycles. The van der Waals surface area contributed by atoms with Crippen LogP contribution in [0.1, 0.15) is 25.7 Å². The van der Waals surface area contributed by atoms with Gasteiger partial charge in [0.15, 0.2) is 0 Å². The molecule has 0 bridgehead atoms. The average Bonchev–Trinajstić information content (AvgIpc) is 2.88. The molecule has 0 radical (unpaired) electrons. The highest BCUT2D eigenvalue weighted by Gasteiger charge is 2.35. The smallest absolute Gasteiger partial charge is 0.246 e. The molecule has 0 N–H and O–H groups in total. The fraction of sp³-hybridized carbons (Fsp3) is 0.700. The van der Waals surface area contributed by atoms with Crippen molar-refractivity contribution in [1.82, 2.24) is 4.90 Å². The van der Waals surface area contributed by atoms with E-state index in [1.54, 1.807) is 0 Å². The summed E-state index contributed by atoms with van der Waals surface area (Å²) in [7, 11) is 0. The first-order chi connectivity index (χ1) is 5.81. The highest BCUT2D eigenvalue weighted by Crippen LogP contribution is 2.34. The van der Waals surface area contributed by atoms with Crippen molar-refractivity contribution in [2.24, 2.45) is 5.92 Å². The Morgan fingerprint density at radius 2 is 2.08 bits per heavy atom. The summed E-state index contributed by atoms with van der Waals surface area (Å²) in [4.78, 5) is 13.4. The van der Waals surface area contributed by atoms with Gasteiger partial charge in [0.1, 0.15) is 0 Å². The molecular weight excluding hydrogens is 150 g/mol. The fourth-order valence-electron chi connectivity index (χ4n) is 1.50. The molecule has 2 saturated carbocycles. The van der Waals surface area contributed by atoms with E-state index >= 15 is 0 Å². The third-order valence-corrected chi connectivity index (χ3v) is 2.60. The van der Waals surface area contributed by atoms with Gasteiger partial charge in [-0.3, -0.25) is 4.79 Å². The standard InChI is InChI=1S/C10H15NO/c1-2-10(12)11(9-5-6-9)7-8-3-4-8/h2,8-9H,1,3-7H2. The Bertz CT molecular complexity index is 204. The minimum atomic E-state index is 0.129. The highest BCUT2D eigenvalue weighted by molar-refractivity contribution is 5.87. The van der Waals surface area contributed by atoms with E-state index in [2.05, 4.69) is 6.58 Å². The summed E-state index contributed by atoms with van der Waals surface area (Å²) in [6.45, 7) is 4.51. The maximum atomic E-state index is 11.4. The lowest BCUT2D eigenvalue weighted by molar-refractivity contribution is -0.126. The maximum Gasteiger partial charge on any atom is 0.246 e. The van der Waals surface area contributed by atoms with Crippen molar-refractivity contribution < 1.29 is 4.79 Å². The van der Waals surface area contributed by atoms with Crippen LogP contribution in [0.15, 0.2) is 12.7 Å². The molecule has 66 valence electrons. The van der Waals surface area contributed by atoms with Gasteiger partial charge in [0.05, 0.1) is 0 Å². The van der Waals surface area contributed by atoms with E-state index in [0.717, 1.165) is 12.5 Å². The number of amides is 1. The van der Waals surface area contributed by atoms with Gasteiger partial charge in [-0.1, -0.05) is 6.58 Å². The van der Waals surface area contributed by atoms with E-state index in [4.69, 9.17) is 0 Å². The summed E-state index contributed by atoms with van der Waals surface area (Å²) in [5.41, 5.74) is 0. The summed E-state index contributed by atoms with van der Waals surface area (Å²) in [5.74, 6) is 0.930. The summed E-state index contributed by atoms with van der Waals surface area (Å²) in [6.07, 6.45) is 6.47. The Kier molecular flexibility index (Phi) is 1.91. The molecule has 0 aromatic rings. The van der Waals surface area contributed by atoms with E-state index in [1.807, 2.05) is 4.90 Å². The second-order valence-corrected chi connectivity index (χ2v) is 3.87. The van der Waals surface area contributed by atoms with Crippen LogP contribution >= 0.6 is 0 Å². The predicted molar refractivity (Wildman–Crippen MR) is 47.7 cm³/mol. The van der Waals surface area contributed by atoms with Crippen molar-refractivity contribution in [3.63, 3.8) is 0 Å². The average molecular weight is 165 g/mol. The summed E-state index contributed by atoms with van der Waals surface area (Å²) in [5, 5.41) is 0. The van der Waals surface area contributed by atoms with Gasteiger partial charge in [0.2, 0.25) is 5.91 Å². The SMILES string of the molecule is C=CC(=O)N(CC1CC1)C1CC1. The number of rotatable bonds is 4. The number of hydrogen-bond acceptors (Lipinski definition) is 1. The second kappa shape index (κ2) is 2.92. The highest BCUT2D eigenvalue weighted by atomic mass is 16.2. The van der Waals surface area contributed by atoms with Crippen LogP contribution in [0, 0.1) is 5.92 Å². The Morgan fingerprint density at radius 1 is 1.42 bits per heavy atom. The molecule has 12 heavy (non-hydrogen) atoms. The van der Waals surface area contributed by atoms with Crippen molar-refractivity contribution in [2.45, 2.75) is 31.7 Å². The molecule has 2 rings (SSSR count). The largest absolute Gasteiger partial charge is 0.336 e. The molecular formula is C10H15NO. The zero-order valence-electron chi connectivity index (χ0n) is 7.33. The van der Waals surface area contributed by atoms with E-state index in [1.165, 1.54) is 31.8 Å². The molecule has 0 spiro atoms. The molecule has 2 aliphatic carbocycles. The van der Waals surface area contributed by atoms with Gasteiger partial charge < -0.3 is 4.90 Å². The topological polar surface area (TPSA) is 20.3 Å². The third-order valence-electron chi connectivity index (χ3n) is 2.60. The first kappa shape index (κ1) is 7.84. The molecule has 0 aromatic carbocycles. The van der Waals surface area contributed by atoms with E-state index in [0.29, 0.717) is 6.04 Å². The van der Waals surface area contributed by atoms with Gasteiger partial charge in [-0.2, -0.15) is 0 Å². The fourth-order valence-corrected chi connectivity index (χ4v) is 1.50. The van der Waals surface area contributed by atoms with Crippen LogP contribution in [0.4, 0.5) is 0 Å². The van der Waals surface area contributed by atoms with Gasteiger partial charge in [-0.05, 0) is 37.7 Å². The maximum absolute atomic E-state index is 11.4. The Hall–Kier alpha value is -0.790. The molecule has 0 aliphatic heterocycles. The Balaban J connectivity index is 1.90. The number of hydrogen-bond donors (Lipinski definition) is 0. The van der Waals surface area contributed by atoms with Crippen LogP contribution in [0.5, 0.6) is 0 Å². The van der Waals surface area contributed by atoms with Crippen LogP contribution < -0.4 is 0 Å².